The molecular weight excluding hydrogens is 146 g/mol. The minimum absolute atomic E-state index is 0.504. The predicted octanol–water partition coefficient (Wildman–Crippen LogP) is 1.12. The standard InChI is InChI=1S/C6H9N3S/c1-4-3-5(7-2)9-6(10)8-4/h3H,1-2H3,(H2,7,8,9,10). The van der Waals surface area contributed by atoms with Crippen molar-refractivity contribution in [1.29, 1.82) is 0 Å². The van der Waals surface area contributed by atoms with E-state index in [9.17, 15) is 0 Å². The van der Waals surface area contributed by atoms with E-state index < -0.39 is 0 Å². The molecule has 0 bridgehead atoms. The number of rotatable bonds is 1. The first-order valence-corrected chi connectivity index (χ1v) is 3.39. The first kappa shape index (κ1) is 7.34. The molecule has 1 aromatic rings. The lowest BCUT2D eigenvalue weighted by Gasteiger charge is -1.99. The number of thiol groups is 1. The van der Waals surface area contributed by atoms with Crippen LogP contribution in [0, 0.1) is 6.92 Å². The van der Waals surface area contributed by atoms with Gasteiger partial charge in [0.1, 0.15) is 5.82 Å². The van der Waals surface area contributed by atoms with Crippen LogP contribution in [0.3, 0.4) is 0 Å². The Hall–Kier alpha value is -0.770. The normalized spacial score (nSPS) is 9.50. The van der Waals surface area contributed by atoms with Crippen molar-refractivity contribution in [3.05, 3.63) is 11.8 Å². The maximum atomic E-state index is 4.02. The zero-order chi connectivity index (χ0) is 7.56. The molecule has 0 unspecified atom stereocenters. The Morgan fingerprint density at radius 2 is 2.20 bits per heavy atom. The molecule has 1 aromatic heterocycles. The Kier molecular flexibility index (Phi) is 2.11. The third kappa shape index (κ3) is 1.60. The molecule has 0 aliphatic rings. The lowest BCUT2D eigenvalue weighted by Crippen LogP contribution is -1.95. The van der Waals surface area contributed by atoms with Crippen molar-refractivity contribution in [1.82, 2.24) is 9.97 Å². The van der Waals surface area contributed by atoms with Crippen molar-refractivity contribution in [2.45, 2.75) is 12.1 Å². The molecule has 54 valence electrons. The molecular formula is C6H9N3S. The summed E-state index contributed by atoms with van der Waals surface area (Å²) in [7, 11) is 1.81. The maximum absolute atomic E-state index is 4.02. The van der Waals surface area contributed by atoms with Crippen LogP contribution in [-0.2, 0) is 0 Å². The highest BCUT2D eigenvalue weighted by molar-refractivity contribution is 7.80. The summed E-state index contributed by atoms with van der Waals surface area (Å²) in [6.07, 6.45) is 0. The Morgan fingerprint density at radius 1 is 1.50 bits per heavy atom. The Bertz CT molecular complexity index is 216. The predicted molar refractivity (Wildman–Crippen MR) is 43.6 cm³/mol. The number of nitrogens with one attached hydrogen (secondary N) is 1. The van der Waals surface area contributed by atoms with Crippen molar-refractivity contribution < 1.29 is 0 Å². The second-order valence-corrected chi connectivity index (χ2v) is 2.34. The van der Waals surface area contributed by atoms with E-state index in [4.69, 9.17) is 0 Å². The molecule has 4 heteroatoms. The minimum atomic E-state index is 0.504. The summed E-state index contributed by atoms with van der Waals surface area (Å²) in [5.74, 6) is 0.803. The number of aryl methyl sites for hydroxylation is 1. The second-order valence-electron chi connectivity index (χ2n) is 1.94. The highest BCUT2D eigenvalue weighted by atomic mass is 32.1. The van der Waals surface area contributed by atoms with Gasteiger partial charge in [0.25, 0.3) is 0 Å². The fraction of sp³-hybridized carbons (Fsp3) is 0.333. The van der Waals surface area contributed by atoms with E-state index in [0.717, 1.165) is 11.5 Å². The zero-order valence-corrected chi connectivity index (χ0v) is 6.81. The topological polar surface area (TPSA) is 37.8 Å². The number of anilines is 1. The summed E-state index contributed by atoms with van der Waals surface area (Å²) in [5.41, 5.74) is 0.921. The SMILES string of the molecule is CNc1cc(C)nc(S)n1. The van der Waals surface area contributed by atoms with Crippen LogP contribution in [-0.4, -0.2) is 17.0 Å². The maximum Gasteiger partial charge on any atom is 0.186 e. The van der Waals surface area contributed by atoms with E-state index >= 15 is 0 Å². The zero-order valence-electron chi connectivity index (χ0n) is 5.92. The monoisotopic (exact) mass is 155 g/mol. The summed E-state index contributed by atoms with van der Waals surface area (Å²) in [6, 6.07) is 1.86. The van der Waals surface area contributed by atoms with Crippen LogP contribution in [0.15, 0.2) is 11.2 Å². The molecule has 10 heavy (non-hydrogen) atoms. The van der Waals surface area contributed by atoms with Crippen LogP contribution in [0.1, 0.15) is 5.69 Å². The van der Waals surface area contributed by atoms with E-state index in [1.807, 2.05) is 20.0 Å². The molecule has 0 aliphatic carbocycles. The lowest BCUT2D eigenvalue weighted by atomic mass is 10.4. The Morgan fingerprint density at radius 3 is 2.70 bits per heavy atom. The van der Waals surface area contributed by atoms with Gasteiger partial charge in [0.05, 0.1) is 0 Å². The van der Waals surface area contributed by atoms with Crippen molar-refractivity contribution in [2.75, 3.05) is 12.4 Å². The molecule has 1 rings (SSSR count). The second kappa shape index (κ2) is 2.88. The van der Waals surface area contributed by atoms with Crippen LogP contribution < -0.4 is 5.32 Å². The molecule has 0 saturated carbocycles. The molecule has 0 atom stereocenters. The number of hydrogen-bond donors (Lipinski definition) is 2. The van der Waals surface area contributed by atoms with Gasteiger partial charge < -0.3 is 5.32 Å². The first-order chi connectivity index (χ1) is 4.72. The molecule has 0 amide bonds. The van der Waals surface area contributed by atoms with Gasteiger partial charge in [-0.2, -0.15) is 0 Å². The molecule has 0 radical (unpaired) electrons. The van der Waals surface area contributed by atoms with Gasteiger partial charge in [-0.1, -0.05) is 0 Å². The smallest absolute Gasteiger partial charge is 0.186 e. The highest BCUT2D eigenvalue weighted by Gasteiger charge is 1.94. The molecule has 3 nitrogen and oxygen atoms in total. The number of hydrogen-bond acceptors (Lipinski definition) is 4. The third-order valence-corrected chi connectivity index (χ3v) is 1.30. The van der Waals surface area contributed by atoms with Gasteiger partial charge in [-0.25, -0.2) is 9.97 Å². The summed E-state index contributed by atoms with van der Waals surface area (Å²) in [4.78, 5) is 7.99. The fourth-order valence-corrected chi connectivity index (χ4v) is 0.946. The molecule has 0 spiro atoms. The van der Waals surface area contributed by atoms with E-state index in [1.165, 1.54) is 0 Å². The average Bonchev–Trinajstić information content (AvgIpc) is 1.85. The third-order valence-electron chi connectivity index (χ3n) is 1.10. The Labute approximate surface area is 65.3 Å². The van der Waals surface area contributed by atoms with E-state index in [2.05, 4.69) is 27.9 Å². The van der Waals surface area contributed by atoms with Crippen LogP contribution in [0.4, 0.5) is 5.82 Å². The largest absolute Gasteiger partial charge is 0.373 e. The molecule has 0 aliphatic heterocycles. The van der Waals surface area contributed by atoms with Gasteiger partial charge in [0.15, 0.2) is 5.16 Å². The van der Waals surface area contributed by atoms with Gasteiger partial charge in [-0.15, -0.1) is 12.6 Å². The average molecular weight is 155 g/mol. The van der Waals surface area contributed by atoms with Crippen LogP contribution in [0.25, 0.3) is 0 Å². The lowest BCUT2D eigenvalue weighted by molar-refractivity contribution is 0.941. The molecule has 1 heterocycles. The molecule has 0 aromatic carbocycles. The fourth-order valence-electron chi connectivity index (χ4n) is 0.681. The first-order valence-electron chi connectivity index (χ1n) is 2.95. The van der Waals surface area contributed by atoms with Crippen molar-refractivity contribution in [3.63, 3.8) is 0 Å². The van der Waals surface area contributed by atoms with Crippen LogP contribution in [0.5, 0.6) is 0 Å². The summed E-state index contributed by atoms with van der Waals surface area (Å²) >= 11 is 4.02. The summed E-state index contributed by atoms with van der Waals surface area (Å²) < 4.78 is 0. The van der Waals surface area contributed by atoms with Crippen LogP contribution in [0.2, 0.25) is 0 Å². The summed E-state index contributed by atoms with van der Waals surface area (Å²) in [5, 5.41) is 3.41. The van der Waals surface area contributed by atoms with Gasteiger partial charge in [0, 0.05) is 18.8 Å². The Balaban J connectivity index is 3.06. The molecule has 0 saturated heterocycles. The highest BCUT2D eigenvalue weighted by Crippen LogP contribution is 2.06. The van der Waals surface area contributed by atoms with Crippen LogP contribution >= 0.6 is 12.6 Å². The number of nitrogens with zero attached hydrogens (tertiary/aromatic N) is 2. The van der Waals surface area contributed by atoms with Gasteiger partial charge in [-0.3, -0.25) is 0 Å². The van der Waals surface area contributed by atoms with E-state index in [0.29, 0.717) is 5.16 Å². The minimum Gasteiger partial charge on any atom is -0.373 e. The van der Waals surface area contributed by atoms with Crippen molar-refractivity contribution >= 4 is 18.4 Å². The van der Waals surface area contributed by atoms with Gasteiger partial charge in [0.2, 0.25) is 0 Å². The van der Waals surface area contributed by atoms with E-state index in [-0.39, 0.29) is 0 Å². The number of aromatic nitrogens is 2. The van der Waals surface area contributed by atoms with Crippen molar-refractivity contribution in [2.24, 2.45) is 0 Å². The summed E-state index contributed by atoms with van der Waals surface area (Å²) in [6.45, 7) is 1.90. The molecule has 0 fully saturated rings. The van der Waals surface area contributed by atoms with E-state index in [1.54, 1.807) is 0 Å². The molecule has 1 N–H and O–H groups in total. The quantitative estimate of drug-likeness (QED) is 0.471. The van der Waals surface area contributed by atoms with Crippen molar-refractivity contribution in [3.8, 4) is 0 Å². The van der Waals surface area contributed by atoms with Gasteiger partial charge >= 0.3 is 0 Å². The van der Waals surface area contributed by atoms with Gasteiger partial charge in [-0.05, 0) is 6.92 Å².